The van der Waals surface area contributed by atoms with Gasteiger partial charge in [-0.15, -0.1) is 0 Å². The molecule has 5 nitrogen and oxygen atoms in total. The lowest BCUT2D eigenvalue weighted by Gasteiger charge is -2.36. The number of carbonyl (C=O) groups excluding carboxylic acids is 2. The number of ether oxygens (including phenoxy) is 1. The van der Waals surface area contributed by atoms with Gasteiger partial charge >= 0.3 is 0 Å². The maximum absolute atomic E-state index is 12.6. The molecule has 0 saturated carbocycles. The largest absolute Gasteiger partial charge is 0.378 e. The Hall–Kier alpha value is -1.59. The molecule has 6 heteroatoms. The van der Waals surface area contributed by atoms with Crippen molar-refractivity contribution in [1.29, 1.82) is 0 Å². The molecule has 23 heavy (non-hydrogen) atoms. The van der Waals surface area contributed by atoms with Gasteiger partial charge in [-0.05, 0) is 31.0 Å². The molecule has 2 saturated heterocycles. The fraction of sp³-hybridized carbons (Fsp3) is 0.529. The topological polar surface area (TPSA) is 49.9 Å². The van der Waals surface area contributed by atoms with E-state index in [-0.39, 0.29) is 17.7 Å². The zero-order valence-electron chi connectivity index (χ0n) is 13.0. The average molecular weight is 337 g/mol. The van der Waals surface area contributed by atoms with Crippen molar-refractivity contribution >= 4 is 23.4 Å². The van der Waals surface area contributed by atoms with Crippen molar-refractivity contribution in [2.45, 2.75) is 12.8 Å². The summed E-state index contributed by atoms with van der Waals surface area (Å²) >= 11 is 5.97. The highest BCUT2D eigenvalue weighted by Gasteiger charge is 2.32. The minimum absolute atomic E-state index is 0.0491. The number of carbonyl (C=O) groups is 2. The van der Waals surface area contributed by atoms with Crippen molar-refractivity contribution in [2.24, 2.45) is 5.92 Å². The lowest BCUT2D eigenvalue weighted by atomic mass is 9.95. The minimum Gasteiger partial charge on any atom is -0.378 e. The summed E-state index contributed by atoms with van der Waals surface area (Å²) in [5, 5.41) is 0.550. The van der Waals surface area contributed by atoms with Gasteiger partial charge in [0.25, 0.3) is 5.91 Å². The maximum Gasteiger partial charge on any atom is 0.253 e. The molecule has 124 valence electrons. The summed E-state index contributed by atoms with van der Waals surface area (Å²) in [6.45, 7) is 3.68. The van der Waals surface area contributed by atoms with Crippen LogP contribution in [-0.2, 0) is 9.53 Å². The van der Waals surface area contributed by atoms with E-state index in [0.717, 1.165) is 12.8 Å². The van der Waals surface area contributed by atoms with Gasteiger partial charge in [0.15, 0.2) is 0 Å². The maximum atomic E-state index is 12.6. The summed E-state index contributed by atoms with van der Waals surface area (Å²) in [5.41, 5.74) is 0.581. The van der Waals surface area contributed by atoms with E-state index < -0.39 is 0 Å². The van der Waals surface area contributed by atoms with E-state index >= 15 is 0 Å². The molecule has 0 bridgehead atoms. The van der Waals surface area contributed by atoms with Crippen molar-refractivity contribution in [3.8, 4) is 0 Å². The number of benzene rings is 1. The van der Waals surface area contributed by atoms with E-state index in [4.69, 9.17) is 16.3 Å². The molecule has 2 fully saturated rings. The Morgan fingerprint density at radius 2 is 1.91 bits per heavy atom. The van der Waals surface area contributed by atoms with E-state index in [9.17, 15) is 9.59 Å². The predicted molar refractivity (Wildman–Crippen MR) is 87.5 cm³/mol. The Bertz CT molecular complexity index is 587. The first-order valence-electron chi connectivity index (χ1n) is 8.06. The number of amides is 2. The number of piperidine rings is 1. The normalized spacial score (nSPS) is 22.0. The molecule has 2 amide bonds. The van der Waals surface area contributed by atoms with Gasteiger partial charge in [0.2, 0.25) is 5.91 Å². The van der Waals surface area contributed by atoms with E-state index in [1.54, 1.807) is 29.2 Å². The lowest BCUT2D eigenvalue weighted by molar-refractivity contribution is -0.141. The summed E-state index contributed by atoms with van der Waals surface area (Å²) in [5.74, 6) is -0.00569. The average Bonchev–Trinajstić information content (AvgIpc) is 2.61. The van der Waals surface area contributed by atoms with Crippen LogP contribution >= 0.6 is 11.6 Å². The number of hydrogen-bond donors (Lipinski definition) is 0. The van der Waals surface area contributed by atoms with Gasteiger partial charge < -0.3 is 14.5 Å². The van der Waals surface area contributed by atoms with Crippen LogP contribution in [0.15, 0.2) is 24.3 Å². The zero-order chi connectivity index (χ0) is 16.2. The van der Waals surface area contributed by atoms with E-state index in [1.807, 2.05) is 4.90 Å². The van der Waals surface area contributed by atoms with Crippen LogP contribution in [0, 0.1) is 5.92 Å². The van der Waals surface area contributed by atoms with E-state index in [2.05, 4.69) is 0 Å². The van der Waals surface area contributed by atoms with Gasteiger partial charge in [0.05, 0.1) is 19.1 Å². The first-order valence-corrected chi connectivity index (χ1v) is 8.44. The lowest BCUT2D eigenvalue weighted by Crippen LogP contribution is -2.49. The van der Waals surface area contributed by atoms with Gasteiger partial charge in [0.1, 0.15) is 0 Å². The van der Waals surface area contributed by atoms with Crippen LogP contribution in [0.3, 0.4) is 0 Å². The molecule has 1 aromatic carbocycles. The predicted octanol–water partition coefficient (Wildman–Crippen LogP) is 2.05. The third-order valence-electron chi connectivity index (χ3n) is 4.45. The molecule has 2 heterocycles. The summed E-state index contributed by atoms with van der Waals surface area (Å²) in [4.78, 5) is 28.9. The molecule has 2 aliphatic heterocycles. The first-order chi connectivity index (χ1) is 11.1. The van der Waals surface area contributed by atoms with Crippen LogP contribution in [0.25, 0.3) is 0 Å². The number of halogens is 1. The quantitative estimate of drug-likeness (QED) is 0.830. The molecule has 0 aliphatic carbocycles. The highest BCUT2D eigenvalue weighted by Crippen LogP contribution is 2.22. The second-order valence-corrected chi connectivity index (χ2v) is 6.47. The second kappa shape index (κ2) is 7.32. The second-order valence-electron chi connectivity index (χ2n) is 6.04. The summed E-state index contributed by atoms with van der Waals surface area (Å²) < 4.78 is 5.29. The molecule has 1 atom stereocenters. The Kier molecular flexibility index (Phi) is 5.18. The molecule has 0 radical (unpaired) electrons. The molecule has 1 aromatic rings. The molecule has 0 N–H and O–H groups in total. The molecule has 1 unspecified atom stereocenters. The Balaban J connectivity index is 1.65. The third kappa shape index (κ3) is 3.85. The highest BCUT2D eigenvalue weighted by molar-refractivity contribution is 6.30. The number of hydrogen-bond acceptors (Lipinski definition) is 3. The van der Waals surface area contributed by atoms with Crippen molar-refractivity contribution in [3.63, 3.8) is 0 Å². The van der Waals surface area contributed by atoms with Crippen LogP contribution in [0.2, 0.25) is 5.02 Å². The Morgan fingerprint density at radius 1 is 1.13 bits per heavy atom. The van der Waals surface area contributed by atoms with Crippen LogP contribution < -0.4 is 0 Å². The smallest absolute Gasteiger partial charge is 0.253 e. The van der Waals surface area contributed by atoms with Crippen LogP contribution in [0.4, 0.5) is 0 Å². The van der Waals surface area contributed by atoms with Crippen molar-refractivity contribution < 1.29 is 14.3 Å². The summed E-state index contributed by atoms with van der Waals surface area (Å²) in [7, 11) is 0. The van der Waals surface area contributed by atoms with E-state index in [1.165, 1.54) is 0 Å². The van der Waals surface area contributed by atoms with E-state index in [0.29, 0.717) is 50.0 Å². The third-order valence-corrected chi connectivity index (χ3v) is 4.69. The van der Waals surface area contributed by atoms with Crippen LogP contribution in [0.5, 0.6) is 0 Å². The van der Waals surface area contributed by atoms with Crippen molar-refractivity contribution in [3.05, 3.63) is 34.9 Å². The number of rotatable bonds is 2. The van der Waals surface area contributed by atoms with Gasteiger partial charge in [-0.2, -0.15) is 0 Å². The van der Waals surface area contributed by atoms with Gasteiger partial charge in [-0.3, -0.25) is 9.59 Å². The van der Waals surface area contributed by atoms with Crippen LogP contribution in [0.1, 0.15) is 23.2 Å². The number of nitrogens with zero attached hydrogens (tertiary/aromatic N) is 2. The molecule has 2 aliphatic rings. The van der Waals surface area contributed by atoms with Crippen molar-refractivity contribution in [1.82, 2.24) is 9.80 Å². The Labute approximate surface area is 141 Å². The monoisotopic (exact) mass is 336 g/mol. The van der Waals surface area contributed by atoms with Crippen molar-refractivity contribution in [2.75, 3.05) is 39.4 Å². The van der Waals surface area contributed by atoms with Gasteiger partial charge in [-0.25, -0.2) is 0 Å². The summed E-state index contributed by atoms with van der Waals surface area (Å²) in [6.07, 6.45) is 1.70. The van der Waals surface area contributed by atoms with Gasteiger partial charge in [-0.1, -0.05) is 17.7 Å². The molecular formula is C17H21ClN2O3. The fourth-order valence-electron chi connectivity index (χ4n) is 3.21. The molecular weight excluding hydrogens is 316 g/mol. The fourth-order valence-corrected chi connectivity index (χ4v) is 3.40. The van der Waals surface area contributed by atoms with Gasteiger partial charge in [0, 0.05) is 36.8 Å². The summed E-state index contributed by atoms with van der Waals surface area (Å²) in [6, 6.07) is 6.97. The molecule has 3 rings (SSSR count). The van der Waals surface area contributed by atoms with Crippen LogP contribution in [-0.4, -0.2) is 61.0 Å². The standard InChI is InChI=1S/C17H21ClN2O3/c18-15-5-1-3-13(11-15)16(21)20-6-2-4-14(12-20)17(22)19-7-9-23-10-8-19/h1,3,5,11,14H,2,4,6-10,12H2. The SMILES string of the molecule is O=C(c1cccc(Cl)c1)N1CCCC(C(=O)N2CCOCC2)C1. The Morgan fingerprint density at radius 3 is 2.65 bits per heavy atom. The molecule has 0 aromatic heterocycles. The highest BCUT2D eigenvalue weighted by atomic mass is 35.5. The first kappa shape index (κ1) is 16.3. The number of likely N-dealkylation sites (tertiary alicyclic amines) is 1. The zero-order valence-corrected chi connectivity index (χ0v) is 13.8. The minimum atomic E-state index is -0.106. The molecule has 0 spiro atoms. The number of morpholine rings is 1.